The fraction of sp³-hybridized carbons (Fsp3) is 0. The summed E-state index contributed by atoms with van der Waals surface area (Å²) in [5.74, 6) is -1.12. The molecule has 1 aliphatic rings. The summed E-state index contributed by atoms with van der Waals surface area (Å²) in [6, 6.07) is 1.34. The number of nitrogens with one attached hydrogen (secondary N) is 1. The number of fused-ring (bicyclic) bond motifs is 1. The second-order valence-corrected chi connectivity index (χ2v) is 3.88. The Labute approximate surface area is 93.9 Å². The summed E-state index contributed by atoms with van der Waals surface area (Å²) in [5, 5.41) is 2.41. The molecule has 1 aromatic carbocycles. The first-order valence-electron chi connectivity index (χ1n) is 3.55. The van der Waals surface area contributed by atoms with E-state index in [1.165, 1.54) is 6.07 Å². The lowest BCUT2D eigenvalue weighted by Gasteiger charge is -2.02. The molecule has 14 heavy (non-hydrogen) atoms. The molecule has 1 aliphatic heterocycles. The maximum Gasteiger partial charge on any atom is 0.260 e. The Morgan fingerprint density at radius 1 is 0.929 bits per heavy atom. The summed E-state index contributed by atoms with van der Waals surface area (Å²) in [4.78, 5) is 22.5. The van der Waals surface area contributed by atoms with Crippen molar-refractivity contribution in [2.24, 2.45) is 0 Å². The average molecular weight is 250 g/mol. The van der Waals surface area contributed by atoms with Crippen LogP contribution in [0.15, 0.2) is 6.07 Å². The molecule has 0 spiro atoms. The Morgan fingerprint density at radius 2 is 1.50 bits per heavy atom. The largest absolute Gasteiger partial charge is 0.288 e. The smallest absolute Gasteiger partial charge is 0.260 e. The van der Waals surface area contributed by atoms with Gasteiger partial charge in [0.05, 0.1) is 26.2 Å². The molecule has 0 aliphatic carbocycles. The van der Waals surface area contributed by atoms with Crippen LogP contribution >= 0.6 is 34.8 Å². The first kappa shape index (κ1) is 9.77. The van der Waals surface area contributed by atoms with E-state index in [0.717, 1.165) is 0 Å². The molecule has 72 valence electrons. The lowest BCUT2D eigenvalue weighted by molar-refractivity contribution is 0.0880. The van der Waals surface area contributed by atoms with Crippen molar-refractivity contribution in [1.82, 2.24) is 5.32 Å². The quantitative estimate of drug-likeness (QED) is 0.568. The molecule has 1 aromatic rings. The van der Waals surface area contributed by atoms with Crippen molar-refractivity contribution < 1.29 is 9.59 Å². The van der Waals surface area contributed by atoms with Gasteiger partial charge in [-0.15, -0.1) is 0 Å². The van der Waals surface area contributed by atoms with Gasteiger partial charge in [-0.3, -0.25) is 14.9 Å². The van der Waals surface area contributed by atoms with Gasteiger partial charge in [-0.2, -0.15) is 0 Å². The molecule has 0 atom stereocenters. The van der Waals surface area contributed by atoms with Crippen LogP contribution in [-0.2, 0) is 0 Å². The Bertz CT molecular complexity index is 470. The molecule has 0 unspecified atom stereocenters. The van der Waals surface area contributed by atoms with Crippen LogP contribution < -0.4 is 5.32 Å². The normalized spacial score (nSPS) is 14.2. The molecule has 0 saturated heterocycles. The standard InChI is InChI=1S/C8H2Cl3NO2/c9-2-1-3(10)6(11)5-4(2)7(13)12-8(5)14/h1H,(H,12,13,14). The summed E-state index contributed by atoms with van der Waals surface area (Å²) in [7, 11) is 0. The van der Waals surface area contributed by atoms with Gasteiger partial charge in [-0.05, 0) is 6.07 Å². The first-order valence-corrected chi connectivity index (χ1v) is 4.69. The maximum absolute atomic E-state index is 11.3. The van der Waals surface area contributed by atoms with Gasteiger partial charge in [0.15, 0.2) is 0 Å². The Morgan fingerprint density at radius 3 is 2.14 bits per heavy atom. The van der Waals surface area contributed by atoms with Gasteiger partial charge in [0.25, 0.3) is 11.8 Å². The van der Waals surface area contributed by atoms with Crippen LogP contribution in [0.25, 0.3) is 0 Å². The zero-order valence-corrected chi connectivity index (χ0v) is 8.80. The molecule has 0 bridgehead atoms. The number of carbonyl (C=O) groups is 2. The molecule has 0 radical (unpaired) electrons. The zero-order chi connectivity index (χ0) is 10.5. The molecule has 1 N–H and O–H groups in total. The molecule has 2 rings (SSSR count). The topological polar surface area (TPSA) is 46.2 Å². The highest BCUT2D eigenvalue weighted by atomic mass is 35.5. The van der Waals surface area contributed by atoms with Gasteiger partial charge in [0.1, 0.15) is 0 Å². The Balaban J connectivity index is 2.86. The molecule has 0 saturated carbocycles. The number of hydrogen-bond donors (Lipinski definition) is 1. The summed E-state index contributed by atoms with van der Waals surface area (Å²) in [6.07, 6.45) is 0. The van der Waals surface area contributed by atoms with E-state index < -0.39 is 11.8 Å². The number of carbonyl (C=O) groups excluding carboxylic acids is 2. The predicted molar refractivity (Wildman–Crippen MR) is 53.3 cm³/mol. The zero-order valence-electron chi connectivity index (χ0n) is 6.53. The molecule has 2 amide bonds. The number of halogens is 3. The lowest BCUT2D eigenvalue weighted by Crippen LogP contribution is -2.20. The SMILES string of the molecule is O=C1NC(=O)c2c(Cl)c(Cl)cc(Cl)c21. The first-order chi connectivity index (χ1) is 6.52. The van der Waals surface area contributed by atoms with Gasteiger partial charge < -0.3 is 0 Å². The lowest BCUT2D eigenvalue weighted by atomic mass is 10.1. The number of hydrogen-bond acceptors (Lipinski definition) is 2. The summed E-state index contributed by atoms with van der Waals surface area (Å²) in [6.45, 7) is 0. The molecule has 0 aromatic heterocycles. The molecule has 3 nitrogen and oxygen atoms in total. The van der Waals surface area contributed by atoms with Crippen LogP contribution in [0.1, 0.15) is 20.7 Å². The van der Waals surface area contributed by atoms with E-state index in [9.17, 15) is 9.59 Å². The molecule has 6 heteroatoms. The van der Waals surface area contributed by atoms with Crippen molar-refractivity contribution in [3.63, 3.8) is 0 Å². The van der Waals surface area contributed by atoms with Crippen LogP contribution in [0, 0.1) is 0 Å². The number of imide groups is 1. The maximum atomic E-state index is 11.3. The minimum Gasteiger partial charge on any atom is -0.288 e. The Kier molecular flexibility index (Phi) is 2.18. The monoisotopic (exact) mass is 249 g/mol. The molecule has 0 fully saturated rings. The number of benzene rings is 1. The van der Waals surface area contributed by atoms with E-state index in [1.807, 2.05) is 0 Å². The van der Waals surface area contributed by atoms with E-state index >= 15 is 0 Å². The van der Waals surface area contributed by atoms with Crippen molar-refractivity contribution in [1.29, 1.82) is 0 Å². The van der Waals surface area contributed by atoms with Gasteiger partial charge in [0.2, 0.25) is 0 Å². The Hall–Kier alpha value is -0.770. The fourth-order valence-corrected chi connectivity index (χ4v) is 2.04. The second kappa shape index (κ2) is 3.12. The predicted octanol–water partition coefficient (Wildman–Crippen LogP) is 2.53. The van der Waals surface area contributed by atoms with E-state index in [4.69, 9.17) is 34.8 Å². The third kappa shape index (κ3) is 1.21. The molecule has 1 heterocycles. The van der Waals surface area contributed by atoms with Crippen molar-refractivity contribution in [2.45, 2.75) is 0 Å². The molecular weight excluding hydrogens is 248 g/mol. The van der Waals surface area contributed by atoms with Gasteiger partial charge in [-0.1, -0.05) is 34.8 Å². The summed E-state index contributed by atoms with van der Waals surface area (Å²) in [5.41, 5.74) is 0.139. The highest BCUT2D eigenvalue weighted by Crippen LogP contribution is 2.36. The average Bonchev–Trinajstić information content (AvgIpc) is 2.38. The van der Waals surface area contributed by atoms with Crippen LogP contribution in [0.3, 0.4) is 0 Å². The van der Waals surface area contributed by atoms with E-state index in [2.05, 4.69) is 5.32 Å². The van der Waals surface area contributed by atoms with Crippen molar-refractivity contribution in [2.75, 3.05) is 0 Å². The highest BCUT2D eigenvalue weighted by molar-refractivity contribution is 6.48. The van der Waals surface area contributed by atoms with Crippen LogP contribution in [0.5, 0.6) is 0 Å². The van der Waals surface area contributed by atoms with Crippen molar-refractivity contribution in [3.05, 3.63) is 32.3 Å². The van der Waals surface area contributed by atoms with Crippen LogP contribution in [0.2, 0.25) is 15.1 Å². The minimum absolute atomic E-state index is 0.0502. The minimum atomic E-state index is -0.570. The third-order valence-corrected chi connectivity index (χ3v) is 2.94. The van der Waals surface area contributed by atoms with Gasteiger partial charge in [0, 0.05) is 0 Å². The van der Waals surface area contributed by atoms with Crippen molar-refractivity contribution in [3.8, 4) is 0 Å². The van der Waals surface area contributed by atoms with Gasteiger partial charge in [-0.25, -0.2) is 0 Å². The number of rotatable bonds is 0. The van der Waals surface area contributed by atoms with Crippen molar-refractivity contribution >= 4 is 46.6 Å². The third-order valence-electron chi connectivity index (χ3n) is 1.85. The van der Waals surface area contributed by atoms with E-state index in [-0.39, 0.29) is 26.2 Å². The number of amides is 2. The van der Waals surface area contributed by atoms with E-state index in [0.29, 0.717) is 0 Å². The van der Waals surface area contributed by atoms with Gasteiger partial charge >= 0.3 is 0 Å². The van der Waals surface area contributed by atoms with Crippen LogP contribution in [0.4, 0.5) is 0 Å². The second-order valence-electron chi connectivity index (χ2n) is 2.69. The molecular formula is C8H2Cl3NO2. The fourth-order valence-electron chi connectivity index (χ4n) is 1.26. The highest BCUT2D eigenvalue weighted by Gasteiger charge is 2.32. The summed E-state index contributed by atoms with van der Waals surface area (Å²) >= 11 is 17.2. The van der Waals surface area contributed by atoms with Crippen LogP contribution in [-0.4, -0.2) is 11.8 Å². The summed E-state index contributed by atoms with van der Waals surface area (Å²) < 4.78 is 0. The van der Waals surface area contributed by atoms with E-state index in [1.54, 1.807) is 0 Å².